The van der Waals surface area contributed by atoms with Gasteiger partial charge in [-0.05, 0) is 48.5 Å². The summed E-state index contributed by atoms with van der Waals surface area (Å²) < 4.78 is 1.04. The van der Waals surface area contributed by atoms with E-state index in [9.17, 15) is 9.59 Å². The fourth-order valence-electron chi connectivity index (χ4n) is 2.37. The van der Waals surface area contributed by atoms with Crippen LogP contribution in [0.4, 0.5) is 11.4 Å². The second kappa shape index (κ2) is 9.34. The molecule has 2 N–H and O–H groups in total. The quantitative estimate of drug-likeness (QED) is 0.737. The van der Waals surface area contributed by atoms with Gasteiger partial charge >= 0.3 is 0 Å². The molecule has 0 bridgehead atoms. The topological polar surface area (TPSA) is 61.4 Å². The van der Waals surface area contributed by atoms with E-state index in [0.29, 0.717) is 17.9 Å². The maximum absolute atomic E-state index is 12.3. The van der Waals surface area contributed by atoms with Crippen LogP contribution in [-0.4, -0.2) is 29.8 Å². The zero-order chi connectivity index (χ0) is 18.2. The van der Waals surface area contributed by atoms with E-state index in [2.05, 4.69) is 31.5 Å². The van der Waals surface area contributed by atoms with E-state index < -0.39 is 0 Å². The highest BCUT2D eigenvalue weighted by molar-refractivity contribution is 9.10. The lowest BCUT2D eigenvalue weighted by molar-refractivity contribution is -0.117. The number of anilines is 2. The highest BCUT2D eigenvalue weighted by atomic mass is 79.9. The summed E-state index contributed by atoms with van der Waals surface area (Å²) in [6.07, 6.45) is 0. The second-order valence-corrected chi connectivity index (χ2v) is 6.65. The Hall–Kier alpha value is -2.18. The molecule has 5 nitrogen and oxygen atoms in total. The van der Waals surface area contributed by atoms with Crippen molar-refractivity contribution in [2.45, 2.75) is 20.4 Å². The average molecular weight is 404 g/mol. The Kier molecular flexibility index (Phi) is 7.16. The lowest BCUT2D eigenvalue weighted by Crippen LogP contribution is -2.32. The van der Waals surface area contributed by atoms with E-state index in [1.165, 1.54) is 6.92 Å². The number of hydrogen-bond acceptors (Lipinski definition) is 3. The maximum Gasteiger partial charge on any atom is 0.238 e. The number of hydrogen-bond donors (Lipinski definition) is 2. The minimum Gasteiger partial charge on any atom is -0.326 e. The summed E-state index contributed by atoms with van der Waals surface area (Å²) in [4.78, 5) is 25.3. The van der Waals surface area contributed by atoms with Crippen LogP contribution in [0.25, 0.3) is 0 Å². The molecule has 0 spiro atoms. The molecule has 0 aromatic heterocycles. The Morgan fingerprint density at radius 3 is 2.04 bits per heavy atom. The molecule has 2 amide bonds. The first kappa shape index (κ1) is 19.1. The van der Waals surface area contributed by atoms with Crippen LogP contribution >= 0.6 is 15.9 Å². The summed E-state index contributed by atoms with van der Waals surface area (Å²) in [7, 11) is 0. The van der Waals surface area contributed by atoms with E-state index in [-0.39, 0.29) is 11.8 Å². The minimum absolute atomic E-state index is 0.0637. The van der Waals surface area contributed by atoms with Crippen LogP contribution < -0.4 is 10.6 Å². The molecule has 0 fully saturated rings. The maximum atomic E-state index is 12.3. The fourth-order valence-corrected chi connectivity index (χ4v) is 2.64. The summed E-state index contributed by atoms with van der Waals surface area (Å²) in [6, 6.07) is 15.2. The summed E-state index contributed by atoms with van der Waals surface area (Å²) in [5.41, 5.74) is 2.58. The van der Waals surface area contributed by atoms with Gasteiger partial charge in [-0.15, -0.1) is 0 Å². The average Bonchev–Trinajstić information content (AvgIpc) is 2.57. The van der Waals surface area contributed by atoms with E-state index in [1.807, 2.05) is 31.2 Å². The van der Waals surface area contributed by atoms with Crippen molar-refractivity contribution in [3.8, 4) is 0 Å². The SMILES string of the molecule is CCN(CC(=O)Nc1ccc(NC(C)=O)cc1)Cc1ccc(Br)cc1. The molecule has 0 heterocycles. The molecule has 0 saturated carbocycles. The third-order valence-corrected chi connectivity index (χ3v) is 4.15. The zero-order valence-electron chi connectivity index (χ0n) is 14.4. The van der Waals surface area contributed by atoms with Crippen LogP contribution in [0.5, 0.6) is 0 Å². The van der Waals surface area contributed by atoms with Gasteiger partial charge in [0.25, 0.3) is 0 Å². The van der Waals surface area contributed by atoms with Crippen LogP contribution in [0.1, 0.15) is 19.4 Å². The first-order chi connectivity index (χ1) is 12.0. The molecule has 2 rings (SSSR count). The molecule has 0 saturated heterocycles. The molecule has 6 heteroatoms. The standard InChI is InChI=1S/C19H22BrN3O2/c1-3-23(12-15-4-6-16(20)7-5-15)13-19(25)22-18-10-8-17(9-11-18)21-14(2)24/h4-11H,3,12-13H2,1-2H3,(H,21,24)(H,22,25). The molecule has 0 unspecified atom stereocenters. The summed E-state index contributed by atoms with van der Waals surface area (Å²) in [5.74, 6) is -0.186. The number of amides is 2. The van der Waals surface area contributed by atoms with E-state index in [1.54, 1.807) is 24.3 Å². The number of halogens is 1. The van der Waals surface area contributed by atoms with Crippen LogP contribution in [0.2, 0.25) is 0 Å². The van der Waals surface area contributed by atoms with Gasteiger partial charge in [0.2, 0.25) is 11.8 Å². The normalized spacial score (nSPS) is 10.6. The van der Waals surface area contributed by atoms with Gasteiger partial charge in [-0.3, -0.25) is 14.5 Å². The number of likely N-dealkylation sites (N-methyl/N-ethyl adjacent to an activating group) is 1. The highest BCUT2D eigenvalue weighted by Gasteiger charge is 2.10. The predicted molar refractivity (Wildman–Crippen MR) is 104 cm³/mol. The Labute approximate surface area is 156 Å². The van der Waals surface area contributed by atoms with E-state index in [0.717, 1.165) is 23.1 Å². The third kappa shape index (κ3) is 6.68. The van der Waals surface area contributed by atoms with Crippen molar-refractivity contribution in [3.05, 3.63) is 58.6 Å². The molecular formula is C19H22BrN3O2. The van der Waals surface area contributed by atoms with Crippen molar-refractivity contribution in [1.29, 1.82) is 0 Å². The molecule has 0 aliphatic rings. The van der Waals surface area contributed by atoms with Crippen molar-refractivity contribution in [2.24, 2.45) is 0 Å². The fraction of sp³-hybridized carbons (Fsp3) is 0.263. The molecule has 0 aliphatic carbocycles. The van der Waals surface area contributed by atoms with Crippen LogP contribution in [0.15, 0.2) is 53.0 Å². The third-order valence-electron chi connectivity index (χ3n) is 3.62. The number of nitrogens with zero attached hydrogens (tertiary/aromatic N) is 1. The molecule has 2 aromatic rings. The van der Waals surface area contributed by atoms with Gasteiger partial charge in [-0.1, -0.05) is 35.0 Å². The summed E-state index contributed by atoms with van der Waals surface area (Å²) >= 11 is 3.42. The number of rotatable bonds is 7. The van der Waals surface area contributed by atoms with Crippen LogP contribution in [-0.2, 0) is 16.1 Å². The smallest absolute Gasteiger partial charge is 0.238 e. The van der Waals surface area contributed by atoms with Crippen molar-refractivity contribution in [3.63, 3.8) is 0 Å². The molecule has 0 aliphatic heterocycles. The second-order valence-electron chi connectivity index (χ2n) is 5.74. The predicted octanol–water partition coefficient (Wildman–Crippen LogP) is 3.87. The number of carbonyl (C=O) groups is 2. The molecule has 0 atom stereocenters. The van der Waals surface area contributed by atoms with Crippen molar-refractivity contribution < 1.29 is 9.59 Å². The van der Waals surface area contributed by atoms with Gasteiger partial charge in [0.05, 0.1) is 6.54 Å². The van der Waals surface area contributed by atoms with Crippen LogP contribution in [0.3, 0.4) is 0 Å². The number of benzene rings is 2. The molecule has 0 radical (unpaired) electrons. The van der Waals surface area contributed by atoms with Gasteiger partial charge < -0.3 is 10.6 Å². The van der Waals surface area contributed by atoms with Gasteiger partial charge in [0.15, 0.2) is 0 Å². The van der Waals surface area contributed by atoms with Crippen LogP contribution in [0, 0.1) is 0 Å². The number of carbonyl (C=O) groups excluding carboxylic acids is 2. The molecule has 2 aromatic carbocycles. The molecule has 25 heavy (non-hydrogen) atoms. The lowest BCUT2D eigenvalue weighted by atomic mass is 10.2. The largest absolute Gasteiger partial charge is 0.326 e. The molecular weight excluding hydrogens is 382 g/mol. The minimum atomic E-state index is -0.122. The van der Waals surface area contributed by atoms with Crippen molar-refractivity contribution in [1.82, 2.24) is 4.90 Å². The highest BCUT2D eigenvalue weighted by Crippen LogP contribution is 2.14. The Morgan fingerprint density at radius 2 is 1.52 bits per heavy atom. The lowest BCUT2D eigenvalue weighted by Gasteiger charge is -2.20. The zero-order valence-corrected chi connectivity index (χ0v) is 16.0. The number of nitrogens with one attached hydrogen (secondary N) is 2. The van der Waals surface area contributed by atoms with Crippen molar-refractivity contribution in [2.75, 3.05) is 23.7 Å². The van der Waals surface area contributed by atoms with Gasteiger partial charge in [-0.2, -0.15) is 0 Å². The molecule has 132 valence electrons. The first-order valence-corrected chi connectivity index (χ1v) is 8.90. The van der Waals surface area contributed by atoms with Gasteiger partial charge in [0, 0.05) is 29.3 Å². The van der Waals surface area contributed by atoms with Gasteiger partial charge in [-0.25, -0.2) is 0 Å². The van der Waals surface area contributed by atoms with E-state index in [4.69, 9.17) is 0 Å². The Bertz CT molecular complexity index is 714. The van der Waals surface area contributed by atoms with E-state index >= 15 is 0 Å². The monoisotopic (exact) mass is 403 g/mol. The summed E-state index contributed by atoms with van der Waals surface area (Å²) in [5, 5.41) is 5.58. The first-order valence-electron chi connectivity index (χ1n) is 8.10. The van der Waals surface area contributed by atoms with Crippen molar-refractivity contribution >= 4 is 39.1 Å². The Balaban J connectivity index is 1.88. The Morgan fingerprint density at radius 1 is 0.960 bits per heavy atom. The van der Waals surface area contributed by atoms with Gasteiger partial charge in [0.1, 0.15) is 0 Å². The summed E-state index contributed by atoms with van der Waals surface area (Å²) in [6.45, 7) is 5.32.